The second-order valence-electron chi connectivity index (χ2n) is 5.62. The van der Waals surface area contributed by atoms with Gasteiger partial charge in [0.25, 0.3) is 0 Å². The number of sulfonamides is 1. The Labute approximate surface area is 125 Å². The molecule has 1 saturated heterocycles. The summed E-state index contributed by atoms with van der Waals surface area (Å²) >= 11 is 0. The molecule has 1 aliphatic heterocycles. The average Bonchev–Trinajstić information content (AvgIpc) is 2.75. The fourth-order valence-corrected chi connectivity index (χ4v) is 1.56. The molecule has 3 N–H and O–H groups in total. The monoisotopic (exact) mass is 324 g/mol. The molecular weight excluding hydrogens is 300 g/mol. The first-order valence-corrected chi connectivity index (χ1v) is 8.32. The number of hydrogen-bond acceptors (Lipinski definition) is 5. The summed E-state index contributed by atoms with van der Waals surface area (Å²) in [4.78, 5) is 23.7. The summed E-state index contributed by atoms with van der Waals surface area (Å²) in [6.45, 7) is 7.24. The lowest BCUT2D eigenvalue weighted by Crippen LogP contribution is -2.43. The molecule has 8 nitrogen and oxygen atoms in total. The second-order valence-corrected chi connectivity index (χ2v) is 7.52. The minimum absolute atomic E-state index is 0.0208. The van der Waals surface area contributed by atoms with Crippen molar-refractivity contribution in [3.63, 3.8) is 0 Å². The van der Waals surface area contributed by atoms with E-state index in [9.17, 15) is 18.0 Å². The summed E-state index contributed by atoms with van der Waals surface area (Å²) in [6.07, 6.45) is 0.692. The van der Waals surface area contributed by atoms with Crippen molar-refractivity contribution in [2.45, 2.75) is 52.2 Å². The Hall–Kier alpha value is -1.35. The van der Waals surface area contributed by atoms with Crippen molar-refractivity contribution in [3.8, 4) is 0 Å². The number of carbonyl (C=O) groups is 2. The van der Waals surface area contributed by atoms with Crippen molar-refractivity contribution in [3.05, 3.63) is 0 Å². The van der Waals surface area contributed by atoms with Crippen LogP contribution in [0.15, 0.2) is 0 Å². The van der Waals surface area contributed by atoms with Crippen LogP contribution in [0.1, 0.15) is 40.5 Å². The topological polar surface area (TPSA) is 127 Å². The van der Waals surface area contributed by atoms with E-state index in [0.29, 0.717) is 13.0 Å². The van der Waals surface area contributed by atoms with E-state index in [0.717, 1.165) is 6.42 Å². The van der Waals surface area contributed by atoms with Crippen LogP contribution in [0.3, 0.4) is 0 Å². The molecule has 0 aromatic carbocycles. The molecule has 0 radical (unpaired) electrons. The van der Waals surface area contributed by atoms with Crippen molar-refractivity contribution in [2.24, 2.45) is 5.14 Å². The molecule has 1 heterocycles. The molecule has 9 heteroatoms. The number of likely N-dealkylation sites (tertiary alicyclic amines) is 1. The number of hydrogen-bond donors (Lipinski definition) is 2. The van der Waals surface area contributed by atoms with Crippen LogP contribution in [0.5, 0.6) is 0 Å². The van der Waals surface area contributed by atoms with Crippen molar-refractivity contribution in [2.75, 3.05) is 12.3 Å². The maximum Gasteiger partial charge on any atom is 0.411 e. The lowest BCUT2D eigenvalue weighted by atomic mass is 10.2. The molecule has 0 saturated carbocycles. The van der Waals surface area contributed by atoms with Crippen LogP contribution in [-0.4, -0.2) is 54.4 Å². The fourth-order valence-electron chi connectivity index (χ4n) is 1.56. The number of ether oxygens (including phenoxy) is 1. The van der Waals surface area contributed by atoms with Gasteiger partial charge in [0.05, 0.1) is 5.75 Å². The molecule has 0 bridgehead atoms. The molecule has 0 aromatic heterocycles. The summed E-state index contributed by atoms with van der Waals surface area (Å²) in [7, 11) is -3.16. The van der Waals surface area contributed by atoms with Crippen LogP contribution in [0, 0.1) is 0 Å². The van der Waals surface area contributed by atoms with E-state index in [1.165, 1.54) is 11.8 Å². The van der Waals surface area contributed by atoms with Gasteiger partial charge in [0, 0.05) is 6.54 Å². The van der Waals surface area contributed by atoms with Gasteiger partial charge in [-0.15, -0.1) is 0 Å². The first kappa shape index (κ1) is 19.7. The third-order valence-corrected chi connectivity index (χ3v) is 3.37. The highest BCUT2D eigenvalue weighted by atomic mass is 32.2. The van der Waals surface area contributed by atoms with Gasteiger partial charge in [-0.3, -0.25) is 4.90 Å². The molecule has 1 atom stereocenters. The van der Waals surface area contributed by atoms with E-state index in [2.05, 4.69) is 5.14 Å². The lowest BCUT2D eigenvalue weighted by Gasteiger charge is -2.26. The number of carboxylic acids is 1. The van der Waals surface area contributed by atoms with Crippen LogP contribution >= 0.6 is 0 Å². The summed E-state index contributed by atoms with van der Waals surface area (Å²) in [6, 6.07) is -0.722. The van der Waals surface area contributed by atoms with Crippen LogP contribution < -0.4 is 5.14 Å². The Morgan fingerprint density at radius 2 is 1.86 bits per heavy atom. The smallest absolute Gasteiger partial charge is 0.411 e. The van der Waals surface area contributed by atoms with Crippen LogP contribution in [-0.2, 0) is 19.6 Å². The van der Waals surface area contributed by atoms with Crippen molar-refractivity contribution < 1.29 is 27.9 Å². The van der Waals surface area contributed by atoms with Gasteiger partial charge in [-0.2, -0.15) is 0 Å². The van der Waals surface area contributed by atoms with E-state index in [1.54, 1.807) is 20.8 Å². The largest absolute Gasteiger partial charge is 0.480 e. The molecule has 0 spiro atoms. The number of primary sulfonamides is 1. The van der Waals surface area contributed by atoms with Gasteiger partial charge in [0.2, 0.25) is 10.0 Å². The molecule has 1 amide bonds. The first-order chi connectivity index (χ1) is 9.37. The van der Waals surface area contributed by atoms with E-state index in [-0.39, 0.29) is 5.75 Å². The summed E-state index contributed by atoms with van der Waals surface area (Å²) in [5.74, 6) is -0.939. The van der Waals surface area contributed by atoms with Crippen molar-refractivity contribution in [1.29, 1.82) is 0 Å². The van der Waals surface area contributed by atoms with Crippen LogP contribution in [0.4, 0.5) is 4.79 Å². The number of carbonyl (C=O) groups excluding carboxylic acids is 1. The zero-order valence-electron chi connectivity index (χ0n) is 12.8. The highest BCUT2D eigenvalue weighted by molar-refractivity contribution is 7.89. The molecule has 1 fully saturated rings. The van der Waals surface area contributed by atoms with Gasteiger partial charge in [-0.1, -0.05) is 0 Å². The minimum Gasteiger partial charge on any atom is -0.480 e. The maximum absolute atomic E-state index is 11.6. The molecule has 0 aliphatic carbocycles. The predicted octanol–water partition coefficient (Wildman–Crippen LogP) is 0.765. The molecule has 1 rings (SSSR count). The molecule has 0 unspecified atom stereocenters. The van der Waals surface area contributed by atoms with Gasteiger partial charge >= 0.3 is 12.1 Å². The Bertz CT molecular complexity index is 469. The quantitative estimate of drug-likeness (QED) is 0.772. The van der Waals surface area contributed by atoms with Gasteiger partial charge in [-0.05, 0) is 40.5 Å². The van der Waals surface area contributed by atoms with Gasteiger partial charge < -0.3 is 9.84 Å². The third-order valence-electron chi connectivity index (χ3n) is 2.57. The Morgan fingerprint density at radius 3 is 2.19 bits per heavy atom. The lowest BCUT2D eigenvalue weighted by molar-refractivity contribution is -0.142. The summed E-state index contributed by atoms with van der Waals surface area (Å²) < 4.78 is 24.7. The number of nitrogens with zero attached hydrogens (tertiary/aromatic N) is 1. The molecular formula is C12H24N2O6S. The van der Waals surface area contributed by atoms with Gasteiger partial charge in [0.15, 0.2) is 0 Å². The number of amides is 1. The summed E-state index contributed by atoms with van der Waals surface area (Å²) in [5.41, 5.74) is -0.581. The number of nitrogens with two attached hydrogens (primary N) is 1. The highest BCUT2D eigenvalue weighted by Crippen LogP contribution is 2.20. The number of carboxylic acid groups (broad SMARTS) is 1. The standard InChI is InChI=1S/C10H17NO4.C2H7NO2S/c1-10(2,3)15-9(14)11-6-4-5-7(11)8(12)13;1-2-6(3,4)5/h7H,4-6H2,1-3H3,(H,12,13);2H2,1H3,(H2,3,4,5)/t7-;/m0./s1. The average molecular weight is 324 g/mol. The van der Waals surface area contributed by atoms with Gasteiger partial charge in [0.1, 0.15) is 11.6 Å². The van der Waals surface area contributed by atoms with Crippen molar-refractivity contribution >= 4 is 22.1 Å². The van der Waals surface area contributed by atoms with Crippen molar-refractivity contribution in [1.82, 2.24) is 4.90 Å². The van der Waals surface area contributed by atoms with E-state index < -0.39 is 33.7 Å². The maximum atomic E-state index is 11.6. The Kier molecular flexibility index (Phi) is 7.11. The Morgan fingerprint density at radius 1 is 1.38 bits per heavy atom. The molecule has 1 aliphatic rings. The number of rotatable bonds is 2. The van der Waals surface area contributed by atoms with E-state index >= 15 is 0 Å². The molecule has 124 valence electrons. The first-order valence-electron chi connectivity index (χ1n) is 6.60. The van der Waals surface area contributed by atoms with Gasteiger partial charge in [-0.25, -0.2) is 23.1 Å². The number of aliphatic carboxylic acids is 1. The molecule has 21 heavy (non-hydrogen) atoms. The van der Waals surface area contributed by atoms with E-state index in [4.69, 9.17) is 9.84 Å². The minimum atomic E-state index is -3.16. The third kappa shape index (κ3) is 8.51. The predicted molar refractivity (Wildman–Crippen MR) is 77.2 cm³/mol. The SMILES string of the molecule is CC(C)(C)OC(=O)N1CCC[C@H]1C(=O)O.CCS(N)(=O)=O. The zero-order chi connectivity index (χ0) is 16.8. The fraction of sp³-hybridized carbons (Fsp3) is 0.833. The second kappa shape index (κ2) is 7.60. The normalized spacial score (nSPS) is 18.7. The highest BCUT2D eigenvalue weighted by Gasteiger charge is 2.36. The van der Waals surface area contributed by atoms with E-state index in [1.807, 2.05) is 0 Å². The van der Waals surface area contributed by atoms with Crippen LogP contribution in [0.2, 0.25) is 0 Å². The zero-order valence-corrected chi connectivity index (χ0v) is 13.6. The van der Waals surface area contributed by atoms with Crippen LogP contribution in [0.25, 0.3) is 0 Å². The summed E-state index contributed by atoms with van der Waals surface area (Å²) in [5, 5.41) is 13.4. The Balaban J connectivity index is 0.000000567. The molecule has 0 aromatic rings.